The summed E-state index contributed by atoms with van der Waals surface area (Å²) in [5, 5.41) is 10.8. The lowest BCUT2D eigenvalue weighted by atomic mass is 9.99. The smallest absolute Gasteiger partial charge is 0.266 e. The van der Waals surface area contributed by atoms with E-state index in [2.05, 4.69) is 4.90 Å². The van der Waals surface area contributed by atoms with Gasteiger partial charge in [0.2, 0.25) is 0 Å². The molecule has 0 N–H and O–H groups in total. The molecule has 0 amide bonds. The fourth-order valence-electron chi connectivity index (χ4n) is 2.36. The number of hydrogen-bond acceptors (Lipinski definition) is 5. The topological polar surface area (TPSA) is 72.7 Å². The highest BCUT2D eigenvalue weighted by Crippen LogP contribution is 2.21. The highest BCUT2D eigenvalue weighted by atomic mass is 16.6. The molecule has 2 unspecified atom stereocenters. The number of Topliss-reactive ketones (excluding diaryl/α,β-unsaturated/α-hetero) is 1. The summed E-state index contributed by atoms with van der Waals surface area (Å²) in [6.45, 7) is 1.28. The molecule has 6 heteroatoms. The number of likely N-dealkylation sites (tertiary alicyclic amines) is 1. The lowest BCUT2D eigenvalue weighted by Gasteiger charge is -2.36. The molecule has 1 fully saturated rings. The summed E-state index contributed by atoms with van der Waals surface area (Å²) in [5.41, 5.74) is 0.0881. The predicted octanol–water partition coefficient (Wildman–Crippen LogP) is 0.765. The Morgan fingerprint density at radius 2 is 2.11 bits per heavy atom. The third-order valence-corrected chi connectivity index (χ3v) is 3.40. The van der Waals surface area contributed by atoms with Crippen molar-refractivity contribution in [2.75, 3.05) is 20.2 Å². The van der Waals surface area contributed by atoms with Crippen molar-refractivity contribution in [2.24, 2.45) is 0 Å². The lowest BCUT2D eigenvalue weighted by Crippen LogP contribution is -2.47. The Balaban J connectivity index is 2.14. The zero-order chi connectivity index (χ0) is 13.1. The second-order valence-electron chi connectivity index (χ2n) is 4.47. The number of carbonyl (C=O) groups excluding carboxylic acids is 1. The molecule has 2 atom stereocenters. The van der Waals surface area contributed by atoms with Crippen molar-refractivity contribution in [3.8, 4) is 0 Å². The quantitative estimate of drug-likeness (QED) is 0.548. The standard InChI is InChI=1S/C12H16N2O4/c1-18-12-3-2-9(14(16)17)8-11(12)13-6-4-10(15)5-7-13/h2-3,8,11-12H,4-7H2,1H3. The Morgan fingerprint density at radius 3 is 2.67 bits per heavy atom. The van der Waals surface area contributed by atoms with Gasteiger partial charge in [0.15, 0.2) is 0 Å². The average molecular weight is 252 g/mol. The molecule has 6 nitrogen and oxygen atoms in total. The van der Waals surface area contributed by atoms with Crippen LogP contribution < -0.4 is 0 Å². The SMILES string of the molecule is COC1C=CC([N+](=O)[O-])=CC1N1CCC(=O)CC1. The van der Waals surface area contributed by atoms with Crippen LogP contribution >= 0.6 is 0 Å². The first-order valence-corrected chi connectivity index (χ1v) is 5.95. The van der Waals surface area contributed by atoms with Gasteiger partial charge in [-0.2, -0.15) is 0 Å². The fourth-order valence-corrected chi connectivity index (χ4v) is 2.36. The van der Waals surface area contributed by atoms with Gasteiger partial charge in [-0.3, -0.25) is 19.8 Å². The Kier molecular flexibility index (Phi) is 3.88. The summed E-state index contributed by atoms with van der Waals surface area (Å²) < 4.78 is 5.33. The molecule has 2 rings (SSSR count). The molecule has 1 aliphatic heterocycles. The van der Waals surface area contributed by atoms with Gasteiger partial charge in [0.1, 0.15) is 5.78 Å². The van der Waals surface area contributed by atoms with Gasteiger partial charge in [0, 0.05) is 45.2 Å². The minimum atomic E-state index is -0.398. The molecule has 0 spiro atoms. The minimum absolute atomic E-state index is 0.0881. The van der Waals surface area contributed by atoms with Crippen LogP contribution in [0.1, 0.15) is 12.8 Å². The Labute approximate surface area is 105 Å². The summed E-state index contributed by atoms with van der Waals surface area (Å²) in [6.07, 6.45) is 5.63. The zero-order valence-corrected chi connectivity index (χ0v) is 10.2. The van der Waals surface area contributed by atoms with E-state index in [1.165, 1.54) is 6.08 Å². The van der Waals surface area contributed by atoms with Crippen molar-refractivity contribution in [1.29, 1.82) is 0 Å². The van der Waals surface area contributed by atoms with E-state index in [-0.39, 0.29) is 23.6 Å². The average Bonchev–Trinajstić information content (AvgIpc) is 2.39. The summed E-state index contributed by atoms with van der Waals surface area (Å²) in [6, 6.07) is -0.159. The number of allylic oxidation sites excluding steroid dienone is 1. The van der Waals surface area contributed by atoms with Crippen LogP contribution in [-0.4, -0.2) is 48.0 Å². The molecule has 0 aromatic heterocycles. The summed E-state index contributed by atoms with van der Waals surface area (Å²) >= 11 is 0. The maximum absolute atomic E-state index is 11.2. The van der Waals surface area contributed by atoms with E-state index >= 15 is 0 Å². The first kappa shape index (κ1) is 12.9. The molecule has 0 aromatic carbocycles. The third-order valence-electron chi connectivity index (χ3n) is 3.40. The summed E-state index contributed by atoms with van der Waals surface area (Å²) in [4.78, 5) is 23.7. The molecule has 0 radical (unpaired) electrons. The van der Waals surface area contributed by atoms with E-state index in [1.807, 2.05) is 0 Å². The minimum Gasteiger partial charge on any atom is -0.375 e. The van der Waals surface area contributed by atoms with Gasteiger partial charge in [0.05, 0.1) is 17.1 Å². The van der Waals surface area contributed by atoms with Crippen LogP contribution in [0.3, 0.4) is 0 Å². The van der Waals surface area contributed by atoms with Gasteiger partial charge in [-0.25, -0.2) is 0 Å². The summed E-state index contributed by atoms with van der Waals surface area (Å²) in [7, 11) is 1.59. The molecule has 98 valence electrons. The number of ketones is 1. The van der Waals surface area contributed by atoms with Crippen molar-refractivity contribution in [3.63, 3.8) is 0 Å². The molecular formula is C12H16N2O4. The van der Waals surface area contributed by atoms with E-state index in [1.54, 1.807) is 19.3 Å². The molecule has 18 heavy (non-hydrogen) atoms. The molecule has 0 aromatic rings. The Bertz CT molecular complexity index is 406. The molecule has 0 saturated carbocycles. The van der Waals surface area contributed by atoms with Gasteiger partial charge in [0.25, 0.3) is 5.70 Å². The number of nitrogens with zero attached hydrogens (tertiary/aromatic N) is 2. The largest absolute Gasteiger partial charge is 0.375 e. The number of carbonyl (C=O) groups is 1. The number of piperidine rings is 1. The van der Waals surface area contributed by atoms with Gasteiger partial charge in [-0.1, -0.05) is 0 Å². The number of methoxy groups -OCH3 is 1. The molecular weight excluding hydrogens is 236 g/mol. The van der Waals surface area contributed by atoms with Crippen molar-refractivity contribution < 1.29 is 14.5 Å². The van der Waals surface area contributed by atoms with E-state index in [0.717, 1.165) is 0 Å². The van der Waals surface area contributed by atoms with Crippen molar-refractivity contribution in [3.05, 3.63) is 34.0 Å². The van der Waals surface area contributed by atoms with Crippen LogP contribution in [0.5, 0.6) is 0 Å². The van der Waals surface area contributed by atoms with Crippen molar-refractivity contribution >= 4 is 5.78 Å². The van der Waals surface area contributed by atoms with Crippen molar-refractivity contribution in [1.82, 2.24) is 4.90 Å². The maximum Gasteiger partial charge on any atom is 0.266 e. The number of ether oxygens (including phenoxy) is 1. The summed E-state index contributed by atoms with van der Waals surface area (Å²) in [5.74, 6) is 0.255. The van der Waals surface area contributed by atoms with Crippen LogP contribution in [0.2, 0.25) is 0 Å². The van der Waals surface area contributed by atoms with Crippen LogP contribution in [0.15, 0.2) is 23.9 Å². The van der Waals surface area contributed by atoms with Crippen LogP contribution in [-0.2, 0) is 9.53 Å². The van der Waals surface area contributed by atoms with E-state index in [0.29, 0.717) is 25.9 Å². The highest BCUT2D eigenvalue weighted by molar-refractivity contribution is 5.79. The first-order valence-electron chi connectivity index (χ1n) is 5.95. The monoisotopic (exact) mass is 252 g/mol. The van der Waals surface area contributed by atoms with E-state index < -0.39 is 4.92 Å². The normalized spacial score (nSPS) is 29.2. The first-order chi connectivity index (χ1) is 8.61. The second kappa shape index (κ2) is 5.41. The lowest BCUT2D eigenvalue weighted by molar-refractivity contribution is -0.419. The zero-order valence-electron chi connectivity index (χ0n) is 10.2. The third kappa shape index (κ3) is 2.65. The number of hydrogen-bond donors (Lipinski definition) is 0. The molecule has 1 heterocycles. The van der Waals surface area contributed by atoms with Crippen LogP contribution in [0.25, 0.3) is 0 Å². The maximum atomic E-state index is 11.2. The van der Waals surface area contributed by atoms with Gasteiger partial charge >= 0.3 is 0 Å². The second-order valence-corrected chi connectivity index (χ2v) is 4.47. The van der Waals surface area contributed by atoms with Gasteiger partial charge in [-0.15, -0.1) is 0 Å². The number of nitro groups is 1. The van der Waals surface area contributed by atoms with E-state index in [9.17, 15) is 14.9 Å². The molecule has 1 saturated heterocycles. The predicted molar refractivity (Wildman–Crippen MR) is 64.6 cm³/mol. The number of rotatable bonds is 3. The van der Waals surface area contributed by atoms with Crippen LogP contribution in [0, 0.1) is 10.1 Å². The molecule has 1 aliphatic carbocycles. The van der Waals surface area contributed by atoms with E-state index in [4.69, 9.17) is 4.74 Å². The van der Waals surface area contributed by atoms with Crippen molar-refractivity contribution in [2.45, 2.75) is 25.0 Å². The Morgan fingerprint density at radius 1 is 1.44 bits per heavy atom. The van der Waals surface area contributed by atoms with Gasteiger partial charge < -0.3 is 4.74 Å². The van der Waals surface area contributed by atoms with Crippen LogP contribution in [0.4, 0.5) is 0 Å². The Hall–Kier alpha value is -1.53. The molecule has 2 aliphatic rings. The fraction of sp³-hybridized carbons (Fsp3) is 0.583. The van der Waals surface area contributed by atoms with Gasteiger partial charge in [-0.05, 0) is 6.08 Å². The highest BCUT2D eigenvalue weighted by Gasteiger charge is 2.31. The molecule has 0 bridgehead atoms.